The van der Waals surface area contributed by atoms with E-state index in [2.05, 4.69) is 18.7 Å². The van der Waals surface area contributed by atoms with Crippen molar-refractivity contribution in [1.29, 1.82) is 0 Å². The highest BCUT2D eigenvalue weighted by atomic mass is 32.2. The standard InChI is InChI=1S/C10H22N2O3S/c1-10(2)9-11-3-5-12(6-4-11)16(14,15)8-7-13/h10,13H,3-9H2,1-2H3. The highest BCUT2D eigenvalue weighted by molar-refractivity contribution is 7.89. The Labute approximate surface area is 98.1 Å². The van der Waals surface area contributed by atoms with E-state index in [0.717, 1.165) is 19.6 Å². The molecule has 0 atom stereocenters. The van der Waals surface area contributed by atoms with Crippen LogP contribution in [0, 0.1) is 5.92 Å². The van der Waals surface area contributed by atoms with Crippen molar-refractivity contribution in [3.63, 3.8) is 0 Å². The predicted molar refractivity (Wildman–Crippen MR) is 63.7 cm³/mol. The largest absolute Gasteiger partial charge is 0.395 e. The lowest BCUT2D eigenvalue weighted by Gasteiger charge is -2.34. The van der Waals surface area contributed by atoms with Gasteiger partial charge in [-0.25, -0.2) is 8.42 Å². The molecule has 6 heteroatoms. The Bertz CT molecular complexity index is 295. The smallest absolute Gasteiger partial charge is 0.216 e. The van der Waals surface area contributed by atoms with Gasteiger partial charge in [0.25, 0.3) is 0 Å². The molecular formula is C10H22N2O3S. The molecule has 1 aliphatic rings. The zero-order chi connectivity index (χ0) is 12.2. The van der Waals surface area contributed by atoms with Crippen molar-refractivity contribution in [2.24, 2.45) is 5.92 Å². The third kappa shape index (κ3) is 4.01. The number of hydrogen-bond donors (Lipinski definition) is 1. The molecule has 0 spiro atoms. The fraction of sp³-hybridized carbons (Fsp3) is 1.00. The maximum atomic E-state index is 11.7. The Morgan fingerprint density at radius 2 is 1.75 bits per heavy atom. The predicted octanol–water partition coefficient (Wildman–Crippen LogP) is -0.418. The van der Waals surface area contributed by atoms with Gasteiger partial charge in [-0.2, -0.15) is 4.31 Å². The summed E-state index contributed by atoms with van der Waals surface area (Å²) in [6.07, 6.45) is 0. The Balaban J connectivity index is 2.43. The third-order valence-electron chi connectivity index (χ3n) is 2.70. The topological polar surface area (TPSA) is 60.9 Å². The number of aliphatic hydroxyl groups is 1. The van der Waals surface area contributed by atoms with E-state index in [1.807, 2.05) is 0 Å². The van der Waals surface area contributed by atoms with Crippen molar-refractivity contribution in [2.75, 3.05) is 45.1 Å². The molecule has 0 unspecified atom stereocenters. The molecule has 0 radical (unpaired) electrons. The Kier molecular flexibility index (Phi) is 5.17. The number of nitrogens with zero attached hydrogens (tertiary/aromatic N) is 2. The SMILES string of the molecule is CC(C)CN1CCN(S(=O)(=O)CCO)CC1. The first-order chi connectivity index (χ1) is 7.45. The first-order valence-corrected chi connectivity index (χ1v) is 7.37. The van der Waals surface area contributed by atoms with Crippen LogP contribution in [0.3, 0.4) is 0 Å². The van der Waals surface area contributed by atoms with Gasteiger partial charge >= 0.3 is 0 Å². The third-order valence-corrected chi connectivity index (χ3v) is 4.55. The van der Waals surface area contributed by atoms with Crippen molar-refractivity contribution in [3.8, 4) is 0 Å². The molecule has 0 bridgehead atoms. The summed E-state index contributed by atoms with van der Waals surface area (Å²) in [5.74, 6) is 0.456. The van der Waals surface area contributed by atoms with Crippen molar-refractivity contribution in [2.45, 2.75) is 13.8 Å². The van der Waals surface area contributed by atoms with Gasteiger partial charge in [-0.15, -0.1) is 0 Å². The van der Waals surface area contributed by atoms with E-state index in [1.165, 1.54) is 4.31 Å². The van der Waals surface area contributed by atoms with Gasteiger partial charge in [0.15, 0.2) is 0 Å². The van der Waals surface area contributed by atoms with E-state index < -0.39 is 10.0 Å². The lowest BCUT2D eigenvalue weighted by atomic mass is 10.2. The van der Waals surface area contributed by atoms with Crippen molar-refractivity contribution >= 4 is 10.0 Å². The van der Waals surface area contributed by atoms with Crippen LogP contribution in [0.2, 0.25) is 0 Å². The lowest BCUT2D eigenvalue weighted by Crippen LogP contribution is -2.50. The summed E-state index contributed by atoms with van der Waals surface area (Å²) in [5.41, 5.74) is 0. The zero-order valence-corrected chi connectivity index (χ0v) is 10.9. The molecule has 16 heavy (non-hydrogen) atoms. The number of piperazine rings is 1. The molecule has 0 aromatic carbocycles. The fourth-order valence-electron chi connectivity index (χ4n) is 1.95. The molecular weight excluding hydrogens is 228 g/mol. The highest BCUT2D eigenvalue weighted by Gasteiger charge is 2.26. The van der Waals surface area contributed by atoms with Crippen molar-refractivity contribution in [3.05, 3.63) is 0 Å². The maximum absolute atomic E-state index is 11.7. The minimum absolute atomic E-state index is 0.156. The molecule has 0 saturated carbocycles. The molecule has 1 aliphatic heterocycles. The van der Waals surface area contributed by atoms with Gasteiger partial charge in [0, 0.05) is 32.7 Å². The van der Waals surface area contributed by atoms with Crippen LogP contribution in [0.25, 0.3) is 0 Å². The summed E-state index contributed by atoms with van der Waals surface area (Å²) in [4.78, 5) is 2.29. The van der Waals surface area contributed by atoms with Gasteiger partial charge in [0.1, 0.15) is 0 Å². The number of rotatable bonds is 5. The minimum Gasteiger partial charge on any atom is -0.395 e. The van der Waals surface area contributed by atoms with E-state index in [9.17, 15) is 8.42 Å². The average molecular weight is 250 g/mol. The summed E-state index contributed by atoms with van der Waals surface area (Å²) >= 11 is 0. The van der Waals surface area contributed by atoms with Crippen LogP contribution >= 0.6 is 0 Å². The second-order valence-corrected chi connectivity index (χ2v) is 6.72. The van der Waals surface area contributed by atoms with Gasteiger partial charge in [0.2, 0.25) is 10.0 Å². The average Bonchev–Trinajstić information content (AvgIpc) is 2.17. The van der Waals surface area contributed by atoms with Crippen LogP contribution in [-0.2, 0) is 10.0 Å². The van der Waals surface area contributed by atoms with E-state index in [-0.39, 0.29) is 12.4 Å². The van der Waals surface area contributed by atoms with Crippen molar-refractivity contribution in [1.82, 2.24) is 9.21 Å². The molecule has 0 aliphatic carbocycles. The second kappa shape index (κ2) is 5.95. The van der Waals surface area contributed by atoms with Crippen LogP contribution in [-0.4, -0.2) is 67.8 Å². The summed E-state index contributed by atoms with van der Waals surface area (Å²) in [7, 11) is -3.23. The van der Waals surface area contributed by atoms with E-state index >= 15 is 0 Å². The first-order valence-electron chi connectivity index (χ1n) is 5.76. The zero-order valence-electron chi connectivity index (χ0n) is 10.1. The summed E-state index contributed by atoms with van der Waals surface area (Å²) in [5, 5.41) is 8.69. The van der Waals surface area contributed by atoms with E-state index in [1.54, 1.807) is 0 Å². The molecule has 0 aromatic rings. The summed E-state index contributed by atoms with van der Waals surface area (Å²) in [6.45, 7) is 7.74. The van der Waals surface area contributed by atoms with E-state index in [0.29, 0.717) is 19.0 Å². The fourth-order valence-corrected chi connectivity index (χ4v) is 3.16. The van der Waals surface area contributed by atoms with Gasteiger partial charge in [-0.05, 0) is 5.92 Å². The Morgan fingerprint density at radius 3 is 2.19 bits per heavy atom. The maximum Gasteiger partial charge on any atom is 0.216 e. The van der Waals surface area contributed by atoms with Gasteiger partial charge in [-0.3, -0.25) is 0 Å². The van der Waals surface area contributed by atoms with Gasteiger partial charge in [-0.1, -0.05) is 13.8 Å². The normalized spacial score (nSPS) is 20.5. The number of aliphatic hydroxyl groups excluding tert-OH is 1. The van der Waals surface area contributed by atoms with Crippen molar-refractivity contribution < 1.29 is 13.5 Å². The molecule has 0 aromatic heterocycles. The van der Waals surface area contributed by atoms with E-state index in [4.69, 9.17) is 5.11 Å². The Morgan fingerprint density at radius 1 is 1.19 bits per heavy atom. The quantitative estimate of drug-likeness (QED) is 0.720. The minimum atomic E-state index is -3.23. The molecule has 1 fully saturated rings. The molecule has 5 nitrogen and oxygen atoms in total. The first kappa shape index (κ1) is 13.9. The van der Waals surface area contributed by atoms with Crippen LogP contribution in [0.15, 0.2) is 0 Å². The Hall–Kier alpha value is -0.170. The van der Waals surface area contributed by atoms with Crippen LogP contribution < -0.4 is 0 Å². The molecule has 1 heterocycles. The summed E-state index contributed by atoms with van der Waals surface area (Å²) < 4.78 is 24.8. The lowest BCUT2D eigenvalue weighted by molar-refractivity contribution is 0.171. The molecule has 0 amide bonds. The molecule has 96 valence electrons. The van der Waals surface area contributed by atoms with Gasteiger partial charge < -0.3 is 10.0 Å². The van der Waals surface area contributed by atoms with Gasteiger partial charge in [0.05, 0.1) is 12.4 Å². The van der Waals surface area contributed by atoms with Crippen LogP contribution in [0.1, 0.15) is 13.8 Å². The second-order valence-electron chi connectivity index (χ2n) is 4.63. The number of sulfonamides is 1. The molecule has 1 N–H and O–H groups in total. The van der Waals surface area contributed by atoms with Crippen LogP contribution in [0.5, 0.6) is 0 Å². The highest BCUT2D eigenvalue weighted by Crippen LogP contribution is 2.09. The number of hydrogen-bond acceptors (Lipinski definition) is 4. The summed E-state index contributed by atoms with van der Waals surface area (Å²) in [6, 6.07) is 0. The van der Waals surface area contributed by atoms with Crippen LogP contribution in [0.4, 0.5) is 0 Å². The molecule has 1 saturated heterocycles. The molecule has 1 rings (SSSR count). The monoisotopic (exact) mass is 250 g/mol.